The number of fused-ring (bicyclic) bond motifs is 1. The number of ether oxygens (including phenoxy) is 1. The normalized spacial score (nSPS) is 22.1. The molecule has 1 aromatic carbocycles. The van der Waals surface area contributed by atoms with Crippen LogP contribution in [0, 0.1) is 0 Å². The number of nitrogens with zero attached hydrogens (tertiary/aromatic N) is 1. The molecule has 8 nitrogen and oxygen atoms in total. The number of carbonyl (C=O) groups excluding carboxylic acids is 2. The molecule has 31 heavy (non-hydrogen) atoms. The largest absolute Gasteiger partial charge is 0.487 e. The quantitative estimate of drug-likeness (QED) is 0.393. The number of amides is 2. The average molecular weight is 485 g/mol. The third kappa shape index (κ3) is 5.39. The summed E-state index contributed by atoms with van der Waals surface area (Å²) in [5.41, 5.74) is 0.0639. The summed E-state index contributed by atoms with van der Waals surface area (Å²) in [5.74, 6) is 1.10. The molecule has 2 saturated heterocycles. The van der Waals surface area contributed by atoms with Crippen molar-refractivity contribution in [2.75, 3.05) is 5.75 Å². The predicted molar refractivity (Wildman–Crippen MR) is 120 cm³/mol. The minimum Gasteiger partial charge on any atom is -0.487 e. The van der Waals surface area contributed by atoms with Gasteiger partial charge in [-0.05, 0) is 31.0 Å². The number of H-pyrrole nitrogens is 1. The van der Waals surface area contributed by atoms with Crippen molar-refractivity contribution >= 4 is 46.9 Å². The van der Waals surface area contributed by atoms with Crippen LogP contribution in [0.2, 0.25) is 10.0 Å². The van der Waals surface area contributed by atoms with Gasteiger partial charge in [-0.25, -0.2) is 4.79 Å². The van der Waals surface area contributed by atoms with Crippen LogP contribution in [-0.2, 0) is 6.61 Å². The highest BCUT2D eigenvalue weighted by Crippen LogP contribution is 2.33. The van der Waals surface area contributed by atoms with Crippen LogP contribution >= 0.6 is 35.0 Å². The fourth-order valence-electron chi connectivity index (χ4n) is 3.85. The highest BCUT2D eigenvalue weighted by atomic mass is 35.5. The number of carbonyl (C=O) groups is 2. The molecule has 166 valence electrons. The molecule has 2 aliphatic rings. The summed E-state index contributed by atoms with van der Waals surface area (Å²) < 4.78 is 6.62. The first-order chi connectivity index (χ1) is 14.9. The Morgan fingerprint density at radius 2 is 1.90 bits per heavy atom. The summed E-state index contributed by atoms with van der Waals surface area (Å²) in [6.07, 6.45) is 2.71. The second-order valence-corrected chi connectivity index (χ2v) is 9.76. The molecule has 3 heterocycles. The highest BCUT2D eigenvalue weighted by Gasteiger charge is 2.42. The molecule has 2 aromatic rings. The van der Waals surface area contributed by atoms with E-state index >= 15 is 0 Å². The topological polar surface area (TPSA) is 105 Å². The van der Waals surface area contributed by atoms with Gasteiger partial charge in [0, 0.05) is 33.5 Å². The molecule has 2 aliphatic heterocycles. The van der Waals surface area contributed by atoms with E-state index in [2.05, 4.69) is 15.7 Å². The van der Waals surface area contributed by atoms with E-state index in [1.54, 1.807) is 18.2 Å². The molecule has 3 atom stereocenters. The van der Waals surface area contributed by atoms with E-state index in [9.17, 15) is 14.4 Å². The van der Waals surface area contributed by atoms with Crippen LogP contribution in [0.15, 0.2) is 29.1 Å². The van der Waals surface area contributed by atoms with Crippen molar-refractivity contribution in [1.82, 2.24) is 20.4 Å². The molecule has 4 rings (SSSR count). The second-order valence-electron chi connectivity index (χ2n) is 7.61. The number of urea groups is 1. The zero-order valence-electron chi connectivity index (χ0n) is 16.5. The van der Waals surface area contributed by atoms with Gasteiger partial charge >= 0.3 is 6.03 Å². The van der Waals surface area contributed by atoms with Crippen molar-refractivity contribution in [3.05, 3.63) is 50.4 Å². The molecular weight excluding hydrogens is 463 g/mol. The summed E-state index contributed by atoms with van der Waals surface area (Å²) in [6, 6.07) is 6.44. The zero-order valence-corrected chi connectivity index (χ0v) is 18.9. The number of aromatic nitrogens is 2. The summed E-state index contributed by atoms with van der Waals surface area (Å²) in [5, 5.41) is 9.94. The number of hydrogen-bond donors (Lipinski definition) is 3. The number of benzene rings is 1. The first-order valence-electron chi connectivity index (χ1n) is 10.0. The van der Waals surface area contributed by atoms with Crippen LogP contribution < -0.4 is 20.9 Å². The number of hydrogen-bond acceptors (Lipinski definition) is 5. The molecule has 0 spiro atoms. The second kappa shape index (κ2) is 9.58. The number of unbranched alkanes of at least 4 members (excludes halogenated alkanes) is 1. The van der Waals surface area contributed by atoms with Crippen LogP contribution in [-0.4, -0.2) is 44.8 Å². The number of thioether (sulfide) groups is 1. The van der Waals surface area contributed by atoms with Gasteiger partial charge in [-0.2, -0.15) is 16.4 Å². The maximum Gasteiger partial charge on any atom is 0.315 e. The minimum atomic E-state index is -0.415. The highest BCUT2D eigenvalue weighted by molar-refractivity contribution is 8.00. The predicted octanol–water partition coefficient (Wildman–Crippen LogP) is 3.43. The monoisotopic (exact) mass is 484 g/mol. The Labute approximate surface area is 193 Å². The fraction of sp³-hybridized carbons (Fsp3) is 0.450. The lowest BCUT2D eigenvalue weighted by Gasteiger charge is -2.16. The van der Waals surface area contributed by atoms with Crippen molar-refractivity contribution in [2.45, 2.75) is 49.6 Å². The van der Waals surface area contributed by atoms with Gasteiger partial charge in [0.1, 0.15) is 12.4 Å². The lowest BCUT2D eigenvalue weighted by Crippen LogP contribution is -2.36. The van der Waals surface area contributed by atoms with Crippen LogP contribution in [0.1, 0.15) is 36.2 Å². The lowest BCUT2D eigenvalue weighted by molar-refractivity contribution is 0.0878. The Bertz CT molecular complexity index is 1020. The van der Waals surface area contributed by atoms with Crippen molar-refractivity contribution < 1.29 is 14.3 Å². The lowest BCUT2D eigenvalue weighted by atomic mass is 10.0. The average Bonchev–Trinajstić information content (AvgIpc) is 3.37. The van der Waals surface area contributed by atoms with E-state index in [0.717, 1.165) is 23.3 Å². The first-order valence-corrected chi connectivity index (χ1v) is 11.8. The summed E-state index contributed by atoms with van der Waals surface area (Å²) in [6.45, 7) is 0.0768. The van der Waals surface area contributed by atoms with E-state index in [1.807, 2.05) is 11.8 Å². The molecule has 0 aliphatic carbocycles. The standard InChI is InChI=1S/C20H22Cl2N4O4S/c21-11-5-12(22)7-14(6-11)30-9-13-8-18(28)26(25-13)17(27)4-2-1-3-16-19-15(10-31-16)23-20(29)24-19/h5-8,15-16,19,25H,1-4,9-10H2,(H2,23,24,29)/t15-,16-,19-/m1/s1. The first kappa shape index (κ1) is 22.1. The fourth-order valence-corrected chi connectivity index (χ4v) is 5.90. The molecule has 1 aromatic heterocycles. The SMILES string of the molecule is O=C1N[C@@H]2[C@@H](CS[C@@H]2CCCCC(=O)n2[nH]c(COc3cc(Cl)cc(Cl)c3)cc2=O)N1. The van der Waals surface area contributed by atoms with E-state index in [4.69, 9.17) is 27.9 Å². The van der Waals surface area contributed by atoms with Gasteiger partial charge < -0.3 is 15.4 Å². The molecule has 0 radical (unpaired) electrons. The van der Waals surface area contributed by atoms with Gasteiger partial charge in [-0.1, -0.05) is 29.6 Å². The maximum absolute atomic E-state index is 12.4. The van der Waals surface area contributed by atoms with Gasteiger partial charge in [0.25, 0.3) is 5.56 Å². The van der Waals surface area contributed by atoms with E-state index in [0.29, 0.717) is 33.2 Å². The number of nitrogens with one attached hydrogen (secondary N) is 3. The number of rotatable bonds is 8. The van der Waals surface area contributed by atoms with Gasteiger partial charge in [0.15, 0.2) is 0 Å². The smallest absolute Gasteiger partial charge is 0.315 e. The maximum atomic E-state index is 12.4. The van der Waals surface area contributed by atoms with Crippen molar-refractivity contribution in [3.63, 3.8) is 0 Å². The summed E-state index contributed by atoms with van der Waals surface area (Å²) >= 11 is 13.7. The summed E-state index contributed by atoms with van der Waals surface area (Å²) in [7, 11) is 0. The van der Waals surface area contributed by atoms with Gasteiger partial charge in [0.2, 0.25) is 5.91 Å². The molecule has 2 amide bonds. The molecule has 0 bridgehead atoms. The van der Waals surface area contributed by atoms with E-state index < -0.39 is 5.56 Å². The molecule has 11 heteroatoms. The summed E-state index contributed by atoms with van der Waals surface area (Å²) in [4.78, 5) is 36.0. The van der Waals surface area contributed by atoms with Crippen molar-refractivity contribution in [2.24, 2.45) is 0 Å². The van der Waals surface area contributed by atoms with E-state index in [1.165, 1.54) is 6.07 Å². The Kier molecular flexibility index (Phi) is 6.83. The van der Waals surface area contributed by atoms with Crippen molar-refractivity contribution in [3.8, 4) is 5.75 Å². The molecule has 3 N–H and O–H groups in total. The number of halogens is 2. The Morgan fingerprint density at radius 1 is 1.13 bits per heavy atom. The van der Waals surface area contributed by atoms with E-state index in [-0.39, 0.29) is 37.0 Å². The number of aromatic amines is 1. The van der Waals surface area contributed by atoms with Crippen LogP contribution in [0.25, 0.3) is 0 Å². The van der Waals surface area contributed by atoms with Gasteiger partial charge in [-0.3, -0.25) is 14.7 Å². The molecule has 2 fully saturated rings. The van der Waals surface area contributed by atoms with Crippen LogP contribution in [0.4, 0.5) is 4.79 Å². The molecule has 0 unspecified atom stereocenters. The van der Waals surface area contributed by atoms with Gasteiger partial charge in [-0.15, -0.1) is 0 Å². The third-order valence-electron chi connectivity index (χ3n) is 5.32. The Morgan fingerprint density at radius 3 is 2.68 bits per heavy atom. The minimum absolute atomic E-state index is 0.0768. The Balaban J connectivity index is 1.24. The Hall–Kier alpha value is -2.10. The van der Waals surface area contributed by atoms with Crippen LogP contribution in [0.3, 0.4) is 0 Å². The van der Waals surface area contributed by atoms with Crippen LogP contribution in [0.5, 0.6) is 5.75 Å². The zero-order chi connectivity index (χ0) is 22.0. The molecule has 0 saturated carbocycles. The van der Waals surface area contributed by atoms with Crippen molar-refractivity contribution in [1.29, 1.82) is 0 Å². The third-order valence-corrected chi connectivity index (χ3v) is 7.27. The van der Waals surface area contributed by atoms with Gasteiger partial charge in [0.05, 0.1) is 17.8 Å². The molecular formula is C20H22Cl2N4O4S.